The van der Waals surface area contributed by atoms with E-state index >= 15 is 0 Å². The number of carbonyl (C=O) groups excluding carboxylic acids is 2. The van der Waals surface area contributed by atoms with Crippen LogP contribution >= 0.6 is 0 Å². The molecule has 0 aliphatic rings. The monoisotopic (exact) mass is 370 g/mol. The Bertz CT molecular complexity index is 985. The van der Waals surface area contributed by atoms with Gasteiger partial charge in [-0.05, 0) is 48.9 Å². The third kappa shape index (κ3) is 4.38. The number of rotatable bonds is 5. The van der Waals surface area contributed by atoms with Crippen molar-refractivity contribution < 1.29 is 23.1 Å². The van der Waals surface area contributed by atoms with Gasteiger partial charge in [0.15, 0.2) is 18.2 Å². The van der Waals surface area contributed by atoms with Gasteiger partial charge in [-0.3, -0.25) is 4.79 Å². The second kappa shape index (κ2) is 7.82. The van der Waals surface area contributed by atoms with Crippen LogP contribution < -0.4 is 5.32 Å². The van der Waals surface area contributed by atoms with Crippen LogP contribution in [0.4, 0.5) is 14.5 Å². The van der Waals surface area contributed by atoms with Crippen LogP contribution in [0, 0.1) is 18.6 Å². The third-order valence-electron chi connectivity index (χ3n) is 3.87. The van der Waals surface area contributed by atoms with Gasteiger partial charge in [-0.2, -0.15) is 0 Å². The van der Waals surface area contributed by atoms with Gasteiger partial charge < -0.3 is 14.6 Å². The highest BCUT2D eigenvalue weighted by Gasteiger charge is 2.13. The number of aromatic nitrogens is 1. The van der Waals surface area contributed by atoms with Crippen molar-refractivity contribution in [2.24, 2.45) is 0 Å². The Kier molecular flexibility index (Phi) is 5.30. The average Bonchev–Trinajstić information content (AvgIpc) is 3.17. The number of ether oxygens (including phenoxy) is 1. The maximum atomic E-state index is 13.1. The van der Waals surface area contributed by atoms with Gasteiger partial charge in [0, 0.05) is 29.8 Å². The molecular formula is C20H16F2N2O3. The van der Waals surface area contributed by atoms with E-state index in [1.165, 1.54) is 6.07 Å². The molecule has 0 saturated heterocycles. The first-order valence-electron chi connectivity index (χ1n) is 8.10. The van der Waals surface area contributed by atoms with Gasteiger partial charge >= 0.3 is 5.97 Å². The number of amides is 1. The second-order valence-electron chi connectivity index (χ2n) is 5.84. The first-order valence-corrected chi connectivity index (χ1v) is 8.10. The Balaban J connectivity index is 1.63. The molecule has 2 aromatic carbocycles. The highest BCUT2D eigenvalue weighted by atomic mass is 19.2. The van der Waals surface area contributed by atoms with Crippen LogP contribution in [0.5, 0.6) is 0 Å². The normalized spacial score (nSPS) is 10.5. The minimum atomic E-state index is -1.08. The highest BCUT2D eigenvalue weighted by molar-refractivity contribution is 5.95. The predicted octanol–water partition coefficient (Wildman–Crippen LogP) is 3.86. The van der Waals surface area contributed by atoms with Crippen LogP contribution in [-0.2, 0) is 9.53 Å². The Hall–Kier alpha value is -3.48. The quantitative estimate of drug-likeness (QED) is 0.694. The second-order valence-corrected chi connectivity index (χ2v) is 5.84. The Morgan fingerprint density at radius 3 is 2.48 bits per heavy atom. The van der Waals surface area contributed by atoms with Gasteiger partial charge in [0.25, 0.3) is 5.91 Å². The van der Waals surface area contributed by atoms with Gasteiger partial charge in [0.1, 0.15) is 0 Å². The third-order valence-corrected chi connectivity index (χ3v) is 3.87. The molecule has 0 unspecified atom stereocenters. The lowest BCUT2D eigenvalue weighted by Crippen LogP contribution is -2.21. The average molecular weight is 370 g/mol. The number of nitrogens with one attached hydrogen (secondary N) is 1. The SMILES string of the molecule is Cc1ccc(C(=O)OCC(=O)Nc2ccc(F)c(F)c2)cc1-n1cccc1. The number of carbonyl (C=O) groups is 2. The van der Waals surface area contributed by atoms with E-state index in [1.807, 2.05) is 36.0 Å². The number of benzene rings is 2. The number of hydrogen-bond donors (Lipinski definition) is 1. The number of anilines is 1. The summed E-state index contributed by atoms with van der Waals surface area (Å²) in [6.07, 6.45) is 3.71. The fourth-order valence-corrected chi connectivity index (χ4v) is 2.50. The van der Waals surface area contributed by atoms with Crippen molar-refractivity contribution in [3.05, 3.63) is 83.7 Å². The zero-order valence-corrected chi connectivity index (χ0v) is 14.4. The maximum Gasteiger partial charge on any atom is 0.338 e. The summed E-state index contributed by atoms with van der Waals surface area (Å²) in [6.45, 7) is 1.37. The molecule has 138 valence electrons. The summed E-state index contributed by atoms with van der Waals surface area (Å²) < 4.78 is 32.9. The molecule has 0 radical (unpaired) electrons. The van der Waals surface area contributed by atoms with Crippen molar-refractivity contribution >= 4 is 17.6 Å². The zero-order valence-electron chi connectivity index (χ0n) is 14.4. The molecule has 1 heterocycles. The van der Waals surface area contributed by atoms with Crippen LogP contribution in [0.3, 0.4) is 0 Å². The van der Waals surface area contributed by atoms with Crippen LogP contribution in [0.1, 0.15) is 15.9 Å². The van der Waals surface area contributed by atoms with Gasteiger partial charge in [-0.25, -0.2) is 13.6 Å². The first-order chi connectivity index (χ1) is 12.9. The number of hydrogen-bond acceptors (Lipinski definition) is 3. The van der Waals surface area contributed by atoms with Crippen molar-refractivity contribution in [3.8, 4) is 5.69 Å². The van der Waals surface area contributed by atoms with Gasteiger partial charge in [-0.15, -0.1) is 0 Å². The minimum absolute atomic E-state index is 0.0696. The largest absolute Gasteiger partial charge is 0.452 e. The lowest BCUT2D eigenvalue weighted by atomic mass is 10.1. The Morgan fingerprint density at radius 2 is 1.78 bits per heavy atom. The van der Waals surface area contributed by atoms with Crippen LogP contribution in [-0.4, -0.2) is 23.1 Å². The summed E-state index contributed by atoms with van der Waals surface area (Å²) in [5.74, 6) is -3.42. The van der Waals surface area contributed by atoms with Crippen molar-refractivity contribution in [2.45, 2.75) is 6.92 Å². The number of nitrogens with zero attached hydrogens (tertiary/aromatic N) is 1. The van der Waals surface area contributed by atoms with Crippen LogP contribution in [0.25, 0.3) is 5.69 Å². The molecule has 27 heavy (non-hydrogen) atoms. The van der Waals surface area contributed by atoms with Crippen LogP contribution in [0.15, 0.2) is 60.9 Å². The summed E-state index contributed by atoms with van der Waals surface area (Å²) >= 11 is 0. The van der Waals surface area contributed by atoms with E-state index in [4.69, 9.17) is 4.74 Å². The van der Waals surface area contributed by atoms with Crippen molar-refractivity contribution in [2.75, 3.05) is 11.9 Å². The molecule has 0 saturated carbocycles. The molecule has 7 heteroatoms. The minimum Gasteiger partial charge on any atom is -0.452 e. The maximum absolute atomic E-state index is 13.1. The van der Waals surface area contributed by atoms with Crippen molar-refractivity contribution in [1.29, 1.82) is 0 Å². The molecule has 0 fully saturated rings. The molecule has 0 spiro atoms. The fraction of sp³-hybridized carbons (Fsp3) is 0.100. The molecule has 1 N–H and O–H groups in total. The zero-order chi connectivity index (χ0) is 19.4. The Morgan fingerprint density at radius 1 is 1.04 bits per heavy atom. The van der Waals surface area contributed by atoms with Gasteiger partial charge in [0.2, 0.25) is 0 Å². The Labute approximate surface area is 154 Å². The van der Waals surface area contributed by atoms with Crippen molar-refractivity contribution in [3.63, 3.8) is 0 Å². The molecule has 3 aromatic rings. The smallest absolute Gasteiger partial charge is 0.338 e. The molecule has 3 rings (SSSR count). The summed E-state index contributed by atoms with van der Waals surface area (Å²) in [5.41, 5.74) is 2.16. The molecule has 0 aliphatic heterocycles. The van der Waals surface area contributed by atoms with Gasteiger partial charge in [-0.1, -0.05) is 6.07 Å². The number of aryl methyl sites for hydroxylation is 1. The molecule has 1 amide bonds. The lowest BCUT2D eigenvalue weighted by Gasteiger charge is -2.10. The van der Waals surface area contributed by atoms with Gasteiger partial charge in [0.05, 0.1) is 5.56 Å². The van der Waals surface area contributed by atoms with E-state index in [2.05, 4.69) is 5.32 Å². The van der Waals surface area contributed by atoms with E-state index in [-0.39, 0.29) is 5.69 Å². The molecule has 0 atom stereocenters. The van der Waals surface area contributed by atoms with Crippen LogP contribution in [0.2, 0.25) is 0 Å². The standard InChI is InChI=1S/C20H16F2N2O3/c1-13-4-5-14(10-18(13)24-8-2-3-9-24)20(26)27-12-19(25)23-15-6-7-16(21)17(22)11-15/h2-11H,12H2,1H3,(H,23,25). The number of esters is 1. The molecule has 5 nitrogen and oxygen atoms in total. The summed E-state index contributed by atoms with van der Waals surface area (Å²) in [6, 6.07) is 11.8. The predicted molar refractivity (Wildman–Crippen MR) is 95.8 cm³/mol. The first kappa shape index (κ1) is 18.3. The lowest BCUT2D eigenvalue weighted by molar-refractivity contribution is -0.119. The summed E-state index contributed by atoms with van der Waals surface area (Å²) in [5, 5.41) is 2.33. The molecule has 0 aliphatic carbocycles. The number of halogens is 2. The summed E-state index contributed by atoms with van der Waals surface area (Å²) in [7, 11) is 0. The van der Waals surface area contributed by atoms with Crippen molar-refractivity contribution in [1.82, 2.24) is 4.57 Å². The van der Waals surface area contributed by atoms with E-state index in [0.29, 0.717) is 5.56 Å². The van der Waals surface area contributed by atoms with E-state index in [9.17, 15) is 18.4 Å². The highest BCUT2D eigenvalue weighted by Crippen LogP contribution is 2.17. The van der Waals surface area contributed by atoms with E-state index in [1.54, 1.807) is 18.2 Å². The van der Waals surface area contributed by atoms with E-state index < -0.39 is 30.1 Å². The van der Waals surface area contributed by atoms with E-state index in [0.717, 1.165) is 23.4 Å². The molecule has 0 bridgehead atoms. The molecule has 1 aromatic heterocycles. The fourth-order valence-electron chi connectivity index (χ4n) is 2.50. The summed E-state index contributed by atoms with van der Waals surface area (Å²) in [4.78, 5) is 24.1. The molecular weight excluding hydrogens is 354 g/mol. The topological polar surface area (TPSA) is 60.3 Å².